The third-order valence-electron chi connectivity index (χ3n) is 2.23. The predicted octanol–water partition coefficient (Wildman–Crippen LogP) is 2.38. The molecule has 0 unspecified atom stereocenters. The van der Waals surface area contributed by atoms with Gasteiger partial charge in [-0.15, -0.1) is 0 Å². The quantitative estimate of drug-likeness (QED) is 0.869. The molecule has 0 radical (unpaired) electrons. The lowest BCUT2D eigenvalue weighted by Crippen LogP contribution is -2.20. The minimum absolute atomic E-state index is 0.0258. The first-order chi connectivity index (χ1) is 7.58. The number of hydrogen-bond acceptors (Lipinski definition) is 2. The highest BCUT2D eigenvalue weighted by atomic mass is 19.3. The topological polar surface area (TPSA) is 38.0 Å². The molecule has 0 fully saturated rings. The molecule has 1 aromatic carbocycles. The summed E-state index contributed by atoms with van der Waals surface area (Å²) in [6.45, 7) is -0.461. The summed E-state index contributed by atoms with van der Waals surface area (Å²) in [4.78, 5) is 3.70. The first kappa shape index (κ1) is 10.6. The van der Waals surface area contributed by atoms with Crippen molar-refractivity contribution in [1.82, 2.24) is 9.55 Å². The fourth-order valence-corrected chi connectivity index (χ4v) is 1.41. The van der Waals surface area contributed by atoms with Crippen LogP contribution < -0.4 is 0 Å². The Balaban J connectivity index is 2.21. The van der Waals surface area contributed by atoms with Crippen LogP contribution >= 0.6 is 0 Å². The van der Waals surface area contributed by atoms with E-state index in [0.717, 1.165) is 0 Å². The number of aromatic hydroxyl groups is 1. The lowest BCUT2D eigenvalue weighted by molar-refractivity contribution is -0.0222. The summed E-state index contributed by atoms with van der Waals surface area (Å²) in [6, 6.07) is 4.92. The number of hydrogen-bond donors (Lipinski definition) is 1. The molecule has 0 aliphatic heterocycles. The summed E-state index contributed by atoms with van der Waals surface area (Å²) < 4.78 is 28.8. The third kappa shape index (κ3) is 2.18. The Morgan fingerprint density at radius 1 is 1.25 bits per heavy atom. The number of aromatic nitrogens is 2. The van der Waals surface area contributed by atoms with E-state index in [2.05, 4.69) is 4.98 Å². The van der Waals surface area contributed by atoms with E-state index < -0.39 is 12.5 Å². The Kier molecular flexibility index (Phi) is 2.60. The summed E-state index contributed by atoms with van der Waals surface area (Å²) in [7, 11) is 0. The predicted molar refractivity (Wildman–Crippen MR) is 54.2 cm³/mol. The zero-order chi connectivity index (χ0) is 11.6. The highest BCUT2D eigenvalue weighted by Gasteiger charge is 2.31. The molecule has 3 nitrogen and oxygen atoms in total. The van der Waals surface area contributed by atoms with E-state index in [1.54, 1.807) is 0 Å². The number of benzene rings is 1. The number of phenolic OH excluding ortho intramolecular Hbond substituents is 1. The number of rotatable bonds is 3. The SMILES string of the molecule is Oc1ccc(C(F)(F)Cn2ccnc2)cc1. The van der Waals surface area contributed by atoms with Crippen LogP contribution in [0.25, 0.3) is 0 Å². The molecule has 16 heavy (non-hydrogen) atoms. The van der Waals surface area contributed by atoms with Crippen LogP contribution in [0.3, 0.4) is 0 Å². The minimum atomic E-state index is -2.98. The standard InChI is InChI=1S/C11H10F2N2O/c12-11(13,7-15-6-5-14-8-15)9-1-3-10(16)4-2-9/h1-6,8,16H,7H2. The van der Waals surface area contributed by atoms with Gasteiger partial charge in [-0.1, -0.05) is 0 Å². The van der Waals surface area contributed by atoms with Crippen molar-refractivity contribution in [2.45, 2.75) is 12.5 Å². The highest BCUT2D eigenvalue weighted by molar-refractivity contribution is 5.28. The van der Waals surface area contributed by atoms with Gasteiger partial charge in [0, 0.05) is 18.0 Å². The molecule has 1 aromatic heterocycles. The molecule has 2 aromatic rings. The monoisotopic (exact) mass is 224 g/mol. The Labute approximate surface area is 91.0 Å². The number of nitrogens with zero attached hydrogens (tertiary/aromatic N) is 2. The van der Waals surface area contributed by atoms with Gasteiger partial charge in [0.1, 0.15) is 5.75 Å². The maximum Gasteiger partial charge on any atom is 0.290 e. The fourth-order valence-electron chi connectivity index (χ4n) is 1.41. The van der Waals surface area contributed by atoms with Gasteiger partial charge < -0.3 is 9.67 Å². The Morgan fingerprint density at radius 2 is 1.94 bits per heavy atom. The maximum absolute atomic E-state index is 13.7. The molecule has 0 saturated carbocycles. The van der Waals surface area contributed by atoms with Crippen molar-refractivity contribution in [1.29, 1.82) is 0 Å². The number of imidazole rings is 1. The van der Waals surface area contributed by atoms with Gasteiger partial charge >= 0.3 is 0 Å². The minimum Gasteiger partial charge on any atom is -0.508 e. The molecule has 0 amide bonds. The second kappa shape index (κ2) is 3.92. The molecule has 0 atom stereocenters. The van der Waals surface area contributed by atoms with Crippen molar-refractivity contribution in [2.24, 2.45) is 0 Å². The Bertz CT molecular complexity index is 451. The van der Waals surface area contributed by atoms with E-state index in [1.165, 1.54) is 47.6 Å². The molecule has 1 N–H and O–H groups in total. The van der Waals surface area contributed by atoms with Gasteiger partial charge in [0.25, 0.3) is 5.92 Å². The van der Waals surface area contributed by atoms with Crippen molar-refractivity contribution >= 4 is 0 Å². The lowest BCUT2D eigenvalue weighted by Gasteiger charge is -2.17. The summed E-state index contributed by atoms with van der Waals surface area (Å²) in [5.41, 5.74) is -0.126. The van der Waals surface area contributed by atoms with Crippen LogP contribution in [0.1, 0.15) is 5.56 Å². The zero-order valence-electron chi connectivity index (χ0n) is 8.35. The van der Waals surface area contributed by atoms with Gasteiger partial charge in [0.05, 0.1) is 12.9 Å². The van der Waals surface area contributed by atoms with E-state index >= 15 is 0 Å². The van der Waals surface area contributed by atoms with E-state index in [1.807, 2.05) is 0 Å². The van der Waals surface area contributed by atoms with Crippen molar-refractivity contribution in [3.05, 3.63) is 48.5 Å². The summed E-state index contributed by atoms with van der Waals surface area (Å²) in [5.74, 6) is -3.00. The van der Waals surface area contributed by atoms with E-state index in [-0.39, 0.29) is 11.3 Å². The van der Waals surface area contributed by atoms with Gasteiger partial charge in [0.15, 0.2) is 0 Å². The number of alkyl halides is 2. The van der Waals surface area contributed by atoms with Crippen molar-refractivity contribution in [2.75, 3.05) is 0 Å². The van der Waals surface area contributed by atoms with Gasteiger partial charge in [-0.3, -0.25) is 0 Å². The van der Waals surface area contributed by atoms with Crippen molar-refractivity contribution < 1.29 is 13.9 Å². The van der Waals surface area contributed by atoms with Crippen LogP contribution in [-0.4, -0.2) is 14.7 Å². The van der Waals surface area contributed by atoms with Gasteiger partial charge in [-0.25, -0.2) is 4.98 Å². The molecule has 0 bridgehead atoms. The summed E-state index contributed by atoms with van der Waals surface area (Å²) in [5, 5.41) is 9.02. The van der Waals surface area contributed by atoms with Gasteiger partial charge in [-0.05, 0) is 24.3 Å². The molecule has 0 aliphatic rings. The molecule has 2 rings (SSSR count). The van der Waals surface area contributed by atoms with Crippen LogP contribution in [0.15, 0.2) is 43.0 Å². The van der Waals surface area contributed by atoms with Gasteiger partial charge in [-0.2, -0.15) is 8.78 Å². The molecular formula is C11H10F2N2O. The smallest absolute Gasteiger partial charge is 0.290 e. The van der Waals surface area contributed by atoms with Gasteiger partial charge in [0.2, 0.25) is 0 Å². The average molecular weight is 224 g/mol. The summed E-state index contributed by atoms with van der Waals surface area (Å²) in [6.07, 6.45) is 4.27. The molecule has 0 spiro atoms. The maximum atomic E-state index is 13.7. The second-order valence-electron chi connectivity index (χ2n) is 3.49. The van der Waals surface area contributed by atoms with Crippen LogP contribution in [0, 0.1) is 0 Å². The van der Waals surface area contributed by atoms with E-state index in [9.17, 15) is 8.78 Å². The Hall–Kier alpha value is -1.91. The van der Waals surface area contributed by atoms with E-state index in [4.69, 9.17) is 5.11 Å². The van der Waals surface area contributed by atoms with Crippen LogP contribution in [0.2, 0.25) is 0 Å². The molecule has 84 valence electrons. The molecule has 5 heteroatoms. The number of halogens is 2. The van der Waals surface area contributed by atoms with Crippen LogP contribution in [0.4, 0.5) is 8.78 Å². The highest BCUT2D eigenvalue weighted by Crippen LogP contribution is 2.30. The average Bonchev–Trinajstić information content (AvgIpc) is 2.70. The first-order valence-electron chi connectivity index (χ1n) is 4.71. The number of phenols is 1. The fraction of sp³-hybridized carbons (Fsp3) is 0.182. The van der Waals surface area contributed by atoms with Crippen molar-refractivity contribution in [3.8, 4) is 5.75 Å². The van der Waals surface area contributed by atoms with E-state index in [0.29, 0.717) is 0 Å². The molecule has 1 heterocycles. The van der Waals surface area contributed by atoms with Crippen LogP contribution in [-0.2, 0) is 12.5 Å². The largest absolute Gasteiger partial charge is 0.508 e. The second-order valence-corrected chi connectivity index (χ2v) is 3.49. The van der Waals surface area contributed by atoms with Crippen LogP contribution in [0.5, 0.6) is 5.75 Å². The normalized spacial score (nSPS) is 11.6. The Morgan fingerprint density at radius 3 is 2.50 bits per heavy atom. The summed E-state index contributed by atoms with van der Waals surface area (Å²) >= 11 is 0. The molecule has 0 saturated heterocycles. The zero-order valence-corrected chi connectivity index (χ0v) is 8.35. The first-order valence-corrected chi connectivity index (χ1v) is 4.71. The molecule has 0 aliphatic carbocycles. The third-order valence-corrected chi connectivity index (χ3v) is 2.23. The lowest BCUT2D eigenvalue weighted by atomic mass is 10.1. The van der Waals surface area contributed by atoms with Crippen molar-refractivity contribution in [3.63, 3.8) is 0 Å². The molecular weight excluding hydrogens is 214 g/mol.